The first-order valence-corrected chi connectivity index (χ1v) is 11.0. The Morgan fingerprint density at radius 1 is 0.880 bits per heavy atom. The van der Waals surface area contributed by atoms with Gasteiger partial charge in [0.05, 0.1) is 20.6 Å². The summed E-state index contributed by atoms with van der Waals surface area (Å²) >= 11 is 11.9. The van der Waals surface area contributed by atoms with Gasteiger partial charge in [-0.25, -0.2) is 21.6 Å². The Morgan fingerprint density at radius 2 is 1.48 bits per heavy atom. The summed E-state index contributed by atoms with van der Waals surface area (Å²) in [6, 6.07) is 9.82. The number of anilines is 1. The van der Waals surface area contributed by atoms with E-state index in [0.717, 1.165) is 12.8 Å². The fourth-order valence-corrected chi connectivity index (χ4v) is 5.71. The number of hydrogen-bond donors (Lipinski definition) is 2. The third-order valence-electron chi connectivity index (χ3n) is 3.48. The monoisotopic (exact) mass is 420 g/mol. The van der Waals surface area contributed by atoms with Crippen LogP contribution in [0.3, 0.4) is 0 Å². The molecule has 1 saturated carbocycles. The largest absolute Gasteiger partial charge is 0.279 e. The normalized spacial score (nSPS) is 15.1. The van der Waals surface area contributed by atoms with Crippen LogP contribution >= 0.6 is 23.2 Å². The first-order chi connectivity index (χ1) is 11.7. The second-order valence-electron chi connectivity index (χ2n) is 5.58. The van der Waals surface area contributed by atoms with Crippen LogP contribution in [0, 0.1) is 0 Å². The molecule has 1 aliphatic rings. The highest BCUT2D eigenvalue weighted by Crippen LogP contribution is 2.31. The number of hydrogen-bond acceptors (Lipinski definition) is 4. The molecule has 6 nitrogen and oxygen atoms in total. The maximum atomic E-state index is 12.5. The van der Waals surface area contributed by atoms with Gasteiger partial charge in [0.2, 0.25) is 10.0 Å². The van der Waals surface area contributed by atoms with Gasteiger partial charge in [0.25, 0.3) is 10.0 Å². The van der Waals surface area contributed by atoms with Crippen LogP contribution in [0.4, 0.5) is 5.69 Å². The van der Waals surface area contributed by atoms with Crippen LogP contribution in [0.15, 0.2) is 52.3 Å². The van der Waals surface area contributed by atoms with Crippen molar-refractivity contribution in [3.8, 4) is 0 Å². The molecule has 1 fully saturated rings. The maximum Gasteiger partial charge on any atom is 0.264 e. The van der Waals surface area contributed by atoms with Crippen LogP contribution in [-0.2, 0) is 20.0 Å². The van der Waals surface area contributed by atoms with Gasteiger partial charge in [-0.15, -0.1) is 0 Å². The minimum Gasteiger partial charge on any atom is -0.279 e. The summed E-state index contributed by atoms with van der Waals surface area (Å²) in [6.07, 6.45) is 1.60. The van der Waals surface area contributed by atoms with E-state index in [1.54, 1.807) is 0 Å². The molecule has 0 spiro atoms. The number of sulfonamides is 2. The van der Waals surface area contributed by atoms with Crippen LogP contribution in [0.5, 0.6) is 0 Å². The van der Waals surface area contributed by atoms with Gasteiger partial charge in [0.1, 0.15) is 4.90 Å². The molecule has 0 aromatic heterocycles. The SMILES string of the molecule is O=S(=O)(NC1CC1)c1cccc(NS(=O)(=O)c2c(Cl)cccc2Cl)c1. The van der Waals surface area contributed by atoms with Crippen LogP contribution in [0.1, 0.15) is 12.8 Å². The van der Waals surface area contributed by atoms with E-state index in [0.29, 0.717) is 0 Å². The average molecular weight is 421 g/mol. The second-order valence-corrected chi connectivity index (χ2v) is 9.73. The minimum absolute atomic E-state index is 0.0233. The molecule has 2 aromatic rings. The van der Waals surface area contributed by atoms with Crippen LogP contribution in [0.2, 0.25) is 10.0 Å². The molecule has 0 unspecified atom stereocenters. The second kappa shape index (κ2) is 6.77. The van der Waals surface area contributed by atoms with E-state index in [4.69, 9.17) is 23.2 Å². The zero-order valence-electron chi connectivity index (χ0n) is 12.7. The third kappa shape index (κ3) is 4.27. The summed E-state index contributed by atoms with van der Waals surface area (Å²) < 4.78 is 54.4. The highest BCUT2D eigenvalue weighted by molar-refractivity contribution is 7.93. The molecule has 3 rings (SSSR count). The Bertz CT molecular complexity index is 999. The molecule has 10 heteroatoms. The standard InChI is InChI=1S/C15H14Cl2N2O4S2/c16-13-5-2-6-14(17)15(13)25(22,23)19-11-3-1-4-12(9-11)24(20,21)18-10-7-8-10/h1-6,9-10,18-19H,7-8H2. The van der Waals surface area contributed by atoms with Gasteiger partial charge in [-0.1, -0.05) is 35.3 Å². The zero-order valence-corrected chi connectivity index (χ0v) is 15.9. The van der Waals surface area contributed by atoms with E-state index in [2.05, 4.69) is 9.44 Å². The van der Waals surface area contributed by atoms with E-state index < -0.39 is 20.0 Å². The van der Waals surface area contributed by atoms with Crippen LogP contribution in [-0.4, -0.2) is 22.9 Å². The molecule has 0 saturated heterocycles. The predicted molar refractivity (Wildman–Crippen MR) is 97.1 cm³/mol. The first kappa shape index (κ1) is 18.5. The number of halogens is 2. The molecule has 134 valence electrons. The lowest BCUT2D eigenvalue weighted by Gasteiger charge is -2.12. The van der Waals surface area contributed by atoms with Gasteiger partial charge in [-0.3, -0.25) is 4.72 Å². The molecular weight excluding hydrogens is 407 g/mol. The lowest BCUT2D eigenvalue weighted by atomic mass is 10.3. The van der Waals surface area contributed by atoms with Crippen LogP contribution < -0.4 is 9.44 Å². The number of benzene rings is 2. The maximum absolute atomic E-state index is 12.5. The number of nitrogens with one attached hydrogen (secondary N) is 2. The van der Waals surface area contributed by atoms with Gasteiger partial charge in [0, 0.05) is 6.04 Å². The zero-order chi connectivity index (χ0) is 18.2. The Kier molecular flexibility index (Phi) is 5.00. The lowest BCUT2D eigenvalue weighted by molar-refractivity contribution is 0.581. The molecular formula is C15H14Cl2N2O4S2. The number of rotatable bonds is 6. The quantitative estimate of drug-likeness (QED) is 0.749. The van der Waals surface area contributed by atoms with E-state index >= 15 is 0 Å². The summed E-state index contributed by atoms with van der Waals surface area (Å²) in [5.41, 5.74) is 0.0923. The summed E-state index contributed by atoms with van der Waals surface area (Å²) in [7, 11) is -7.77. The van der Waals surface area contributed by atoms with Crippen molar-refractivity contribution < 1.29 is 16.8 Å². The highest BCUT2D eigenvalue weighted by Gasteiger charge is 2.28. The van der Waals surface area contributed by atoms with Crippen molar-refractivity contribution in [2.24, 2.45) is 0 Å². The Morgan fingerprint density at radius 3 is 2.08 bits per heavy atom. The molecule has 0 radical (unpaired) electrons. The van der Waals surface area contributed by atoms with Crippen molar-refractivity contribution in [2.45, 2.75) is 28.7 Å². The molecule has 2 N–H and O–H groups in total. The van der Waals surface area contributed by atoms with Gasteiger partial charge in [0.15, 0.2) is 0 Å². The summed E-state index contributed by atoms with van der Waals surface area (Å²) in [6.45, 7) is 0. The van der Waals surface area contributed by atoms with E-state index in [1.165, 1.54) is 42.5 Å². The first-order valence-electron chi connectivity index (χ1n) is 7.28. The molecule has 1 aliphatic carbocycles. The fraction of sp³-hybridized carbons (Fsp3) is 0.200. The molecule has 0 atom stereocenters. The topological polar surface area (TPSA) is 92.3 Å². The smallest absolute Gasteiger partial charge is 0.264 e. The van der Waals surface area contributed by atoms with Gasteiger partial charge in [-0.05, 0) is 43.2 Å². The highest BCUT2D eigenvalue weighted by atomic mass is 35.5. The van der Waals surface area contributed by atoms with Crippen molar-refractivity contribution in [1.82, 2.24) is 4.72 Å². The van der Waals surface area contributed by atoms with Gasteiger partial charge in [-0.2, -0.15) is 0 Å². The molecule has 0 bridgehead atoms. The average Bonchev–Trinajstić information content (AvgIpc) is 3.30. The summed E-state index contributed by atoms with van der Waals surface area (Å²) in [5, 5.41) is -0.0571. The van der Waals surface area contributed by atoms with E-state index in [-0.39, 0.29) is 31.6 Å². The predicted octanol–water partition coefficient (Wildman–Crippen LogP) is 3.23. The van der Waals surface area contributed by atoms with Gasteiger partial charge < -0.3 is 0 Å². The van der Waals surface area contributed by atoms with Crippen molar-refractivity contribution in [3.05, 3.63) is 52.5 Å². The van der Waals surface area contributed by atoms with E-state index in [1.807, 2.05) is 0 Å². The minimum atomic E-state index is -4.08. The fourth-order valence-electron chi connectivity index (χ4n) is 2.16. The molecule has 25 heavy (non-hydrogen) atoms. The van der Waals surface area contributed by atoms with Crippen molar-refractivity contribution >= 4 is 48.9 Å². The van der Waals surface area contributed by atoms with Crippen molar-refractivity contribution in [2.75, 3.05) is 4.72 Å². The Balaban J connectivity index is 1.92. The molecule has 2 aromatic carbocycles. The molecule has 0 aliphatic heterocycles. The third-order valence-corrected chi connectivity index (χ3v) is 7.34. The lowest BCUT2D eigenvalue weighted by Crippen LogP contribution is -2.25. The molecule has 0 amide bonds. The Hall–Kier alpha value is -1.32. The van der Waals surface area contributed by atoms with E-state index in [9.17, 15) is 16.8 Å². The van der Waals surface area contributed by atoms with Crippen molar-refractivity contribution in [1.29, 1.82) is 0 Å². The Labute approximate surface area is 156 Å². The summed E-state index contributed by atoms with van der Waals surface area (Å²) in [5.74, 6) is 0. The molecule has 0 heterocycles. The summed E-state index contributed by atoms with van der Waals surface area (Å²) in [4.78, 5) is -0.285. The van der Waals surface area contributed by atoms with Crippen molar-refractivity contribution in [3.63, 3.8) is 0 Å². The van der Waals surface area contributed by atoms with Crippen LogP contribution in [0.25, 0.3) is 0 Å². The van der Waals surface area contributed by atoms with Gasteiger partial charge >= 0.3 is 0 Å².